The molecule has 2 rings (SSSR count). The summed E-state index contributed by atoms with van der Waals surface area (Å²) in [5.74, 6) is 0. The highest BCUT2D eigenvalue weighted by atomic mass is 19.1. The number of nitrogens with zero attached hydrogens (tertiary/aromatic N) is 1. The van der Waals surface area contributed by atoms with Gasteiger partial charge in [-0.1, -0.05) is 0 Å². The molecule has 0 aromatic carbocycles. The standard InChI is InChI=1S/C11H15FN2O5/c1-5-3-14(10(18)13-8(5)17)9-11(2,12)7(16)6(4-15)19-9/h3,6-7,9,15-16H,4H2,1-2H3,(H,13,17,18)/t6-,7+,9-,11-/m1/s1. The molecule has 3 N–H and O–H groups in total. The molecule has 106 valence electrons. The summed E-state index contributed by atoms with van der Waals surface area (Å²) in [5, 5.41) is 18.7. The van der Waals surface area contributed by atoms with Crippen molar-refractivity contribution in [3.8, 4) is 0 Å². The maximum absolute atomic E-state index is 14.5. The second kappa shape index (κ2) is 4.55. The topological polar surface area (TPSA) is 105 Å². The molecule has 0 aliphatic carbocycles. The van der Waals surface area contributed by atoms with E-state index in [1.54, 1.807) is 0 Å². The highest BCUT2D eigenvalue weighted by Gasteiger charge is 2.55. The Hall–Kier alpha value is -1.51. The molecule has 1 saturated heterocycles. The number of aromatic amines is 1. The summed E-state index contributed by atoms with van der Waals surface area (Å²) in [4.78, 5) is 25.0. The first-order chi connectivity index (χ1) is 8.78. The van der Waals surface area contributed by atoms with Crippen LogP contribution in [-0.2, 0) is 4.74 Å². The summed E-state index contributed by atoms with van der Waals surface area (Å²) < 4.78 is 20.5. The molecule has 1 aliphatic heterocycles. The Morgan fingerprint density at radius 3 is 2.74 bits per heavy atom. The highest BCUT2D eigenvalue weighted by Crippen LogP contribution is 2.40. The van der Waals surface area contributed by atoms with Gasteiger partial charge in [0.2, 0.25) is 0 Å². The molecule has 2 heterocycles. The summed E-state index contributed by atoms with van der Waals surface area (Å²) in [5.41, 5.74) is -3.46. The number of rotatable bonds is 2. The first kappa shape index (κ1) is 13.9. The smallest absolute Gasteiger partial charge is 0.330 e. The van der Waals surface area contributed by atoms with Crippen molar-refractivity contribution in [3.05, 3.63) is 32.6 Å². The van der Waals surface area contributed by atoms with E-state index in [1.807, 2.05) is 4.98 Å². The summed E-state index contributed by atoms with van der Waals surface area (Å²) in [6.07, 6.45) is -2.95. The van der Waals surface area contributed by atoms with Gasteiger partial charge in [0, 0.05) is 11.8 Å². The van der Waals surface area contributed by atoms with Gasteiger partial charge in [0.05, 0.1) is 6.61 Å². The molecule has 0 amide bonds. The molecule has 7 nitrogen and oxygen atoms in total. The third-order valence-electron chi connectivity index (χ3n) is 3.30. The third-order valence-corrected chi connectivity index (χ3v) is 3.30. The molecule has 19 heavy (non-hydrogen) atoms. The Bertz CT molecular complexity index is 593. The molecule has 1 aromatic rings. The number of nitrogens with one attached hydrogen (secondary N) is 1. The van der Waals surface area contributed by atoms with Gasteiger partial charge in [0.25, 0.3) is 5.56 Å². The Balaban J connectivity index is 2.51. The first-order valence-corrected chi connectivity index (χ1v) is 5.74. The van der Waals surface area contributed by atoms with Gasteiger partial charge in [0.15, 0.2) is 11.9 Å². The van der Waals surface area contributed by atoms with Gasteiger partial charge in [-0.15, -0.1) is 0 Å². The van der Waals surface area contributed by atoms with Gasteiger partial charge >= 0.3 is 5.69 Å². The summed E-state index contributed by atoms with van der Waals surface area (Å²) >= 11 is 0. The van der Waals surface area contributed by atoms with Gasteiger partial charge in [-0.05, 0) is 13.8 Å². The maximum Gasteiger partial charge on any atom is 0.330 e. The monoisotopic (exact) mass is 274 g/mol. The molecule has 1 fully saturated rings. The van der Waals surface area contributed by atoms with Crippen LogP contribution in [0, 0.1) is 6.92 Å². The van der Waals surface area contributed by atoms with Gasteiger partial charge in [-0.3, -0.25) is 14.3 Å². The van der Waals surface area contributed by atoms with Crippen molar-refractivity contribution < 1.29 is 19.3 Å². The number of hydrogen-bond donors (Lipinski definition) is 3. The Morgan fingerprint density at radius 1 is 1.58 bits per heavy atom. The van der Waals surface area contributed by atoms with Crippen LogP contribution in [0.25, 0.3) is 0 Å². The second-order valence-corrected chi connectivity index (χ2v) is 4.78. The van der Waals surface area contributed by atoms with Crippen LogP contribution in [-0.4, -0.2) is 44.2 Å². The first-order valence-electron chi connectivity index (χ1n) is 5.74. The van der Waals surface area contributed by atoms with Crippen LogP contribution in [0.15, 0.2) is 15.8 Å². The third kappa shape index (κ3) is 2.11. The van der Waals surface area contributed by atoms with Crippen LogP contribution in [0.2, 0.25) is 0 Å². The van der Waals surface area contributed by atoms with E-state index in [4.69, 9.17) is 9.84 Å². The van der Waals surface area contributed by atoms with E-state index in [-0.39, 0.29) is 5.56 Å². The molecule has 0 bridgehead atoms. The number of hydrogen-bond acceptors (Lipinski definition) is 5. The number of ether oxygens (including phenoxy) is 1. The predicted molar refractivity (Wildman–Crippen MR) is 62.6 cm³/mol. The predicted octanol–water partition coefficient (Wildman–Crippen LogP) is -1.18. The number of H-pyrrole nitrogens is 1. The SMILES string of the molecule is Cc1cn([C@@H]2O[C@H](CO)[C@H](O)[C@@]2(C)F)c(=O)[nH]c1=O. The van der Waals surface area contributed by atoms with Crippen molar-refractivity contribution in [3.63, 3.8) is 0 Å². The summed E-state index contributed by atoms with van der Waals surface area (Å²) in [6, 6.07) is 0. The molecule has 1 aromatic heterocycles. The second-order valence-electron chi connectivity index (χ2n) is 4.78. The quantitative estimate of drug-likeness (QED) is 0.630. The zero-order valence-corrected chi connectivity index (χ0v) is 10.5. The fourth-order valence-corrected chi connectivity index (χ4v) is 2.12. The lowest BCUT2D eigenvalue weighted by atomic mass is 9.98. The van der Waals surface area contributed by atoms with Crippen molar-refractivity contribution >= 4 is 0 Å². The molecule has 0 spiro atoms. The Kier molecular flexibility index (Phi) is 3.33. The molecule has 4 atom stereocenters. The number of alkyl halides is 1. The number of halogens is 1. The van der Waals surface area contributed by atoms with Gasteiger partial charge < -0.3 is 14.9 Å². The number of aliphatic hydroxyl groups excluding tert-OH is 2. The minimum absolute atomic E-state index is 0.209. The van der Waals surface area contributed by atoms with Crippen LogP contribution in [0.5, 0.6) is 0 Å². The zero-order chi connectivity index (χ0) is 14.4. The van der Waals surface area contributed by atoms with Crippen molar-refractivity contribution in [2.75, 3.05) is 6.61 Å². The lowest BCUT2D eigenvalue weighted by molar-refractivity contribution is -0.0612. The maximum atomic E-state index is 14.5. The van der Waals surface area contributed by atoms with Crippen molar-refractivity contribution in [1.29, 1.82) is 0 Å². The molecule has 0 radical (unpaired) electrons. The van der Waals surface area contributed by atoms with Gasteiger partial charge in [-0.2, -0.15) is 0 Å². The molecule has 0 unspecified atom stereocenters. The van der Waals surface area contributed by atoms with E-state index in [0.29, 0.717) is 0 Å². The van der Waals surface area contributed by atoms with Gasteiger partial charge in [-0.25, -0.2) is 9.18 Å². The van der Waals surface area contributed by atoms with E-state index in [2.05, 4.69) is 0 Å². The summed E-state index contributed by atoms with van der Waals surface area (Å²) in [6.45, 7) is 1.96. The minimum atomic E-state index is -2.26. The molecule has 1 aliphatic rings. The molecular formula is C11H15FN2O5. The average molecular weight is 274 g/mol. The largest absolute Gasteiger partial charge is 0.394 e. The van der Waals surface area contributed by atoms with E-state index in [9.17, 15) is 19.1 Å². The van der Waals surface area contributed by atoms with Crippen LogP contribution < -0.4 is 11.2 Å². The normalized spacial score (nSPS) is 34.7. The average Bonchev–Trinajstić information content (AvgIpc) is 2.56. The Morgan fingerprint density at radius 2 is 2.21 bits per heavy atom. The summed E-state index contributed by atoms with van der Waals surface area (Å²) in [7, 11) is 0. The zero-order valence-electron chi connectivity index (χ0n) is 10.5. The number of aliphatic hydroxyl groups is 2. The molecule has 0 saturated carbocycles. The molecule has 8 heteroatoms. The van der Waals surface area contributed by atoms with E-state index >= 15 is 0 Å². The van der Waals surface area contributed by atoms with Crippen molar-refractivity contribution in [2.24, 2.45) is 0 Å². The van der Waals surface area contributed by atoms with E-state index in [1.165, 1.54) is 6.92 Å². The van der Waals surface area contributed by atoms with Gasteiger partial charge in [0.1, 0.15) is 12.2 Å². The van der Waals surface area contributed by atoms with Crippen molar-refractivity contribution in [2.45, 2.75) is 38.0 Å². The highest BCUT2D eigenvalue weighted by molar-refractivity contribution is 5.06. The van der Waals surface area contributed by atoms with Crippen LogP contribution in [0.1, 0.15) is 18.7 Å². The lowest BCUT2D eigenvalue weighted by Gasteiger charge is -2.24. The van der Waals surface area contributed by atoms with Crippen molar-refractivity contribution in [1.82, 2.24) is 9.55 Å². The fourth-order valence-electron chi connectivity index (χ4n) is 2.12. The minimum Gasteiger partial charge on any atom is -0.394 e. The molecular weight excluding hydrogens is 259 g/mol. The lowest BCUT2D eigenvalue weighted by Crippen LogP contribution is -2.44. The van der Waals surface area contributed by atoms with Crippen LogP contribution in [0.3, 0.4) is 0 Å². The van der Waals surface area contributed by atoms with Crippen LogP contribution >= 0.6 is 0 Å². The van der Waals surface area contributed by atoms with E-state index in [0.717, 1.165) is 17.7 Å². The fraction of sp³-hybridized carbons (Fsp3) is 0.636. The number of aromatic nitrogens is 2. The van der Waals surface area contributed by atoms with E-state index < -0.39 is 42.0 Å². The number of aryl methyl sites for hydroxylation is 1. The van der Waals surface area contributed by atoms with Crippen LogP contribution in [0.4, 0.5) is 4.39 Å². The Labute approximate surface area is 107 Å².